The normalized spacial score (nSPS) is 11.5. The Hall–Kier alpha value is -4.60. The summed E-state index contributed by atoms with van der Waals surface area (Å²) in [4.78, 5) is 60.7. The number of hydrogen-bond acceptors (Lipinski definition) is 6. The number of aryl methyl sites for hydroxylation is 3. The highest BCUT2D eigenvalue weighted by Crippen LogP contribution is 2.21. The van der Waals surface area contributed by atoms with Gasteiger partial charge in [0.05, 0.1) is 16.6 Å². The number of para-hydroxylation sites is 2. The predicted octanol–water partition coefficient (Wildman–Crippen LogP) is 5.56. The van der Waals surface area contributed by atoms with Gasteiger partial charge in [0.1, 0.15) is 5.56 Å². The van der Waals surface area contributed by atoms with Crippen LogP contribution in [0.3, 0.4) is 0 Å². The van der Waals surface area contributed by atoms with Crippen molar-refractivity contribution in [2.45, 2.75) is 91.1 Å². The number of fused-ring (bicyclic) bond motifs is 3. The number of benzene rings is 2. The first-order valence-corrected chi connectivity index (χ1v) is 16.2. The fourth-order valence-corrected chi connectivity index (χ4v) is 6.00. The van der Waals surface area contributed by atoms with E-state index in [2.05, 4.69) is 20.3 Å². The summed E-state index contributed by atoms with van der Waals surface area (Å²) in [6, 6.07) is 13.3. The number of carbonyl (C=O) groups is 1. The average Bonchev–Trinajstić information content (AvgIpc) is 3.03. The summed E-state index contributed by atoms with van der Waals surface area (Å²) in [6.45, 7) is 5.93. The molecule has 10 nitrogen and oxygen atoms in total. The second-order valence-electron chi connectivity index (χ2n) is 11.8. The summed E-state index contributed by atoms with van der Waals surface area (Å²) in [5.74, 6) is 0.0408. The predicted molar refractivity (Wildman–Crippen MR) is 178 cm³/mol. The molecular formula is C35H42N6O4. The molecule has 0 saturated heterocycles. The Kier molecular flexibility index (Phi) is 10.5. The van der Waals surface area contributed by atoms with Gasteiger partial charge in [0.2, 0.25) is 5.43 Å². The van der Waals surface area contributed by atoms with Crippen molar-refractivity contribution >= 4 is 27.8 Å². The van der Waals surface area contributed by atoms with E-state index in [0.717, 1.165) is 55.1 Å². The van der Waals surface area contributed by atoms with Gasteiger partial charge in [0.15, 0.2) is 11.5 Å². The Morgan fingerprint density at radius 3 is 2.27 bits per heavy atom. The molecule has 2 aliphatic rings. The lowest BCUT2D eigenvalue weighted by molar-refractivity contribution is 0.0951. The number of aromatic nitrogens is 5. The van der Waals surface area contributed by atoms with Crippen LogP contribution in [0.25, 0.3) is 33.5 Å². The number of aromatic amines is 1. The third-order valence-corrected chi connectivity index (χ3v) is 8.43. The van der Waals surface area contributed by atoms with Gasteiger partial charge < -0.3 is 14.5 Å². The minimum Gasteiger partial charge on any atom is -0.352 e. The van der Waals surface area contributed by atoms with Gasteiger partial charge in [-0.2, -0.15) is 4.98 Å². The number of H-pyrrole nitrogens is 1. The molecule has 0 aliphatic carbocycles. The maximum atomic E-state index is 12.9. The zero-order valence-electron chi connectivity index (χ0n) is 26.2. The van der Waals surface area contributed by atoms with E-state index in [4.69, 9.17) is 0 Å². The van der Waals surface area contributed by atoms with Crippen molar-refractivity contribution in [1.29, 1.82) is 0 Å². The molecule has 10 heteroatoms. The van der Waals surface area contributed by atoms with Gasteiger partial charge in [-0.25, -0.2) is 9.78 Å². The maximum absolute atomic E-state index is 12.9. The standard InChI is InChI=1S/C35H42N6O4/c1-3-40-23-26(31(42)25-19-18-24(2)22-29(25)40)33(43)36-20-14-10-8-6-4-5-7-9-11-15-21-41-28-17-13-12-16-27(28)37-30-32(41)38-35(45)39-34(30)44/h12-13,16-19,22-23H,3-11,14-15,20-21H2,1-2H3,(H,36,43)(H,39,44,45). The van der Waals surface area contributed by atoms with E-state index in [9.17, 15) is 19.2 Å². The Morgan fingerprint density at radius 1 is 0.844 bits per heavy atom. The summed E-state index contributed by atoms with van der Waals surface area (Å²) in [7, 11) is 0. The molecule has 0 unspecified atom stereocenters. The fraction of sp³-hybridized carbons (Fsp3) is 0.429. The van der Waals surface area contributed by atoms with Crippen LogP contribution in [0, 0.1) is 6.92 Å². The Labute approximate surface area is 261 Å². The largest absolute Gasteiger partial charge is 0.352 e. The van der Waals surface area contributed by atoms with Crippen molar-refractivity contribution in [2.75, 3.05) is 6.54 Å². The van der Waals surface area contributed by atoms with E-state index >= 15 is 0 Å². The highest BCUT2D eigenvalue weighted by Gasteiger charge is 2.18. The van der Waals surface area contributed by atoms with Crippen molar-refractivity contribution < 1.29 is 4.79 Å². The Morgan fingerprint density at radius 2 is 1.53 bits per heavy atom. The van der Waals surface area contributed by atoms with Crippen LogP contribution in [-0.4, -0.2) is 36.5 Å². The number of nitrogens with one attached hydrogen (secondary N) is 2. The van der Waals surface area contributed by atoms with Gasteiger partial charge >= 0.3 is 5.69 Å². The zero-order valence-corrected chi connectivity index (χ0v) is 26.2. The molecule has 3 heterocycles. The molecule has 3 aromatic rings. The van der Waals surface area contributed by atoms with Crippen molar-refractivity contribution in [3.05, 3.63) is 90.8 Å². The van der Waals surface area contributed by atoms with Gasteiger partial charge in [-0.05, 0) is 56.5 Å². The van der Waals surface area contributed by atoms with Crippen LogP contribution in [0.15, 0.2) is 63.0 Å². The van der Waals surface area contributed by atoms with Gasteiger partial charge in [0, 0.05) is 31.2 Å². The number of amides is 1. The lowest BCUT2D eigenvalue weighted by atomic mass is 10.1. The molecule has 0 radical (unpaired) electrons. The van der Waals surface area contributed by atoms with Crippen LogP contribution in [0.4, 0.5) is 0 Å². The van der Waals surface area contributed by atoms with Crippen molar-refractivity contribution in [3.8, 4) is 11.5 Å². The number of hydrogen-bond donors (Lipinski definition) is 2. The SMILES string of the molecule is CCn1cc(C(=O)NCCCCCCCCCCCCn2c3nc(=O)[nH]c(=O)c-3nc3ccccc32)c(=O)c2ccc(C)cc21. The maximum Gasteiger partial charge on any atom is 0.349 e. The summed E-state index contributed by atoms with van der Waals surface area (Å²) in [6.07, 6.45) is 12.6. The van der Waals surface area contributed by atoms with Crippen LogP contribution in [0.5, 0.6) is 0 Å². The van der Waals surface area contributed by atoms with Gasteiger partial charge in [-0.3, -0.25) is 19.4 Å². The zero-order chi connectivity index (χ0) is 31.8. The second kappa shape index (κ2) is 14.9. The van der Waals surface area contributed by atoms with E-state index in [1.807, 2.05) is 65.4 Å². The van der Waals surface area contributed by atoms with Crippen LogP contribution in [-0.2, 0) is 13.1 Å². The molecular weight excluding hydrogens is 568 g/mol. The second-order valence-corrected chi connectivity index (χ2v) is 11.8. The van der Waals surface area contributed by atoms with Crippen LogP contribution in [0.2, 0.25) is 0 Å². The molecule has 2 aromatic carbocycles. The molecule has 0 spiro atoms. The van der Waals surface area contributed by atoms with Crippen LogP contribution >= 0.6 is 0 Å². The van der Waals surface area contributed by atoms with Crippen molar-refractivity contribution in [3.63, 3.8) is 0 Å². The molecule has 236 valence electrons. The number of unbranched alkanes of at least 4 members (excludes halogenated alkanes) is 9. The molecule has 1 aromatic heterocycles. The molecule has 5 rings (SSSR count). The molecule has 0 saturated carbocycles. The molecule has 0 atom stereocenters. The first-order chi connectivity index (χ1) is 21.9. The number of nitrogens with zero attached hydrogens (tertiary/aromatic N) is 4. The molecule has 2 N–H and O–H groups in total. The van der Waals surface area contributed by atoms with E-state index in [1.54, 1.807) is 6.20 Å². The lowest BCUT2D eigenvalue weighted by Crippen LogP contribution is -2.30. The average molecular weight is 611 g/mol. The first kappa shape index (κ1) is 31.8. The monoisotopic (exact) mass is 610 g/mol. The van der Waals surface area contributed by atoms with Gasteiger partial charge in [-0.15, -0.1) is 0 Å². The highest BCUT2D eigenvalue weighted by atomic mass is 16.2. The molecule has 2 aliphatic heterocycles. The topological polar surface area (TPSA) is 132 Å². The number of rotatable bonds is 15. The molecule has 0 fully saturated rings. The van der Waals surface area contributed by atoms with Crippen molar-refractivity contribution in [1.82, 2.24) is 29.4 Å². The third-order valence-electron chi connectivity index (χ3n) is 8.43. The summed E-state index contributed by atoms with van der Waals surface area (Å²) in [5, 5.41) is 3.52. The quantitative estimate of drug-likeness (QED) is 0.118. The number of pyridine rings is 1. The number of carbonyl (C=O) groups excluding carboxylic acids is 1. The molecule has 45 heavy (non-hydrogen) atoms. The summed E-state index contributed by atoms with van der Waals surface area (Å²) in [5.41, 5.74) is 2.55. The lowest BCUT2D eigenvalue weighted by Gasteiger charge is -2.16. The van der Waals surface area contributed by atoms with E-state index in [1.165, 1.54) is 25.7 Å². The summed E-state index contributed by atoms with van der Waals surface area (Å²) >= 11 is 0. The van der Waals surface area contributed by atoms with Crippen LogP contribution < -0.4 is 22.0 Å². The first-order valence-electron chi connectivity index (χ1n) is 16.2. The van der Waals surface area contributed by atoms with E-state index in [-0.39, 0.29) is 22.6 Å². The van der Waals surface area contributed by atoms with Gasteiger partial charge in [0.25, 0.3) is 11.5 Å². The smallest absolute Gasteiger partial charge is 0.349 e. The third kappa shape index (κ3) is 7.56. The summed E-state index contributed by atoms with van der Waals surface area (Å²) < 4.78 is 3.91. The van der Waals surface area contributed by atoms with Crippen molar-refractivity contribution in [2.24, 2.45) is 0 Å². The minimum atomic E-state index is -0.651. The Bertz CT molecular complexity index is 1940. The Balaban J connectivity index is 0.972. The molecule has 0 bridgehead atoms. The van der Waals surface area contributed by atoms with E-state index in [0.29, 0.717) is 36.4 Å². The fourth-order valence-electron chi connectivity index (χ4n) is 6.00. The van der Waals surface area contributed by atoms with Gasteiger partial charge in [-0.1, -0.05) is 69.6 Å². The van der Waals surface area contributed by atoms with E-state index < -0.39 is 11.2 Å². The minimum absolute atomic E-state index is 0.192. The molecule has 1 amide bonds. The van der Waals surface area contributed by atoms with Crippen LogP contribution in [0.1, 0.15) is 87.1 Å². The highest BCUT2D eigenvalue weighted by molar-refractivity contribution is 5.97.